The number of rotatable bonds is 5. The predicted molar refractivity (Wildman–Crippen MR) is 149 cm³/mol. The molecular formula is C33H33NO2. The lowest BCUT2D eigenvalue weighted by Crippen LogP contribution is -2.12. The topological polar surface area (TPSA) is 42.2 Å². The number of aliphatic hydroxyl groups is 1. The Kier molecular flexibility index (Phi) is 6.90. The Hall–Kier alpha value is -3.85. The second-order valence-corrected chi connectivity index (χ2v) is 9.73. The number of carbonyl (C=O) groups is 1. The third kappa shape index (κ3) is 4.66. The molecule has 36 heavy (non-hydrogen) atoms. The summed E-state index contributed by atoms with van der Waals surface area (Å²) >= 11 is 0. The molecule has 0 amide bonds. The highest BCUT2D eigenvalue weighted by molar-refractivity contribution is 6.17. The summed E-state index contributed by atoms with van der Waals surface area (Å²) < 4.78 is 2.17. The van der Waals surface area contributed by atoms with Crippen LogP contribution in [0.1, 0.15) is 61.3 Å². The lowest BCUT2D eigenvalue weighted by molar-refractivity contribution is -0.115. The molecule has 1 heterocycles. The number of hydrogen-bond donors (Lipinski definition) is 1. The Labute approximate surface area is 213 Å². The smallest absolute Gasteiger partial charge is 0.167 e. The van der Waals surface area contributed by atoms with Crippen LogP contribution >= 0.6 is 0 Å². The van der Waals surface area contributed by atoms with Gasteiger partial charge in [0.25, 0.3) is 0 Å². The number of carbonyl (C=O) groups excluding carboxylic acids is 1. The van der Waals surface area contributed by atoms with Crippen molar-refractivity contribution < 1.29 is 9.90 Å². The van der Waals surface area contributed by atoms with E-state index in [9.17, 15) is 9.90 Å². The van der Waals surface area contributed by atoms with Gasteiger partial charge < -0.3 is 9.67 Å². The van der Waals surface area contributed by atoms with Crippen molar-refractivity contribution in [3.05, 3.63) is 118 Å². The van der Waals surface area contributed by atoms with Crippen LogP contribution in [0.4, 0.5) is 0 Å². The Balaban J connectivity index is 1.74. The van der Waals surface area contributed by atoms with Gasteiger partial charge in [0, 0.05) is 35.6 Å². The number of Topliss-reactive ketones (excluding diaryl/α,β-unsaturated/α-hetero) is 1. The fourth-order valence-electron chi connectivity index (χ4n) is 5.34. The largest absolute Gasteiger partial charge is 0.506 e. The zero-order chi connectivity index (χ0) is 25.1. The molecule has 3 aromatic carbocycles. The minimum Gasteiger partial charge on any atom is -0.506 e. The van der Waals surface area contributed by atoms with Gasteiger partial charge in [0.2, 0.25) is 0 Å². The molecule has 0 unspecified atom stereocenters. The number of aryl methyl sites for hydroxylation is 1. The van der Waals surface area contributed by atoms with Crippen molar-refractivity contribution in [1.29, 1.82) is 0 Å². The number of fused-ring (bicyclic) bond motifs is 1. The molecule has 0 aliphatic heterocycles. The molecule has 4 aromatic rings. The van der Waals surface area contributed by atoms with Gasteiger partial charge in [0.05, 0.1) is 5.57 Å². The van der Waals surface area contributed by atoms with Crippen LogP contribution in [0.2, 0.25) is 0 Å². The number of allylic oxidation sites excluding steroid dienone is 3. The summed E-state index contributed by atoms with van der Waals surface area (Å²) in [7, 11) is 0. The van der Waals surface area contributed by atoms with Gasteiger partial charge in [0.15, 0.2) is 5.78 Å². The molecule has 0 spiro atoms. The van der Waals surface area contributed by atoms with E-state index in [0.29, 0.717) is 24.1 Å². The molecule has 1 aliphatic carbocycles. The molecule has 5 rings (SSSR count). The lowest BCUT2D eigenvalue weighted by atomic mass is 9.82. The minimum absolute atomic E-state index is 0.0219. The molecule has 0 atom stereocenters. The molecule has 1 N–H and O–H groups in total. The van der Waals surface area contributed by atoms with Crippen molar-refractivity contribution in [1.82, 2.24) is 4.57 Å². The van der Waals surface area contributed by atoms with Gasteiger partial charge in [-0.05, 0) is 55.4 Å². The molecule has 3 heteroatoms. The Morgan fingerprint density at radius 1 is 0.889 bits per heavy atom. The quantitative estimate of drug-likeness (QED) is 0.233. The highest BCUT2D eigenvalue weighted by Gasteiger charge is 2.27. The first-order valence-corrected chi connectivity index (χ1v) is 12.9. The van der Waals surface area contributed by atoms with Crippen LogP contribution in [0.15, 0.2) is 96.2 Å². The zero-order valence-electron chi connectivity index (χ0n) is 21.1. The van der Waals surface area contributed by atoms with E-state index in [1.165, 1.54) is 16.7 Å². The minimum atomic E-state index is 0.0219. The fraction of sp³-hybridized carbons (Fsp3) is 0.242. The lowest BCUT2D eigenvalue weighted by Gasteiger charge is -2.22. The summed E-state index contributed by atoms with van der Waals surface area (Å²) in [4.78, 5) is 13.7. The molecule has 1 aliphatic rings. The molecule has 3 nitrogen and oxygen atoms in total. The number of benzene rings is 3. The SMILES string of the molecule is CCC1=C(c2ccc(C)cc2)C(=C(O)c2cn(Cc3ccccc3)c3ccccc23)C(=O)CCCC1. The predicted octanol–water partition coefficient (Wildman–Crippen LogP) is 8.27. The second kappa shape index (κ2) is 10.4. The second-order valence-electron chi connectivity index (χ2n) is 9.73. The normalized spacial score (nSPS) is 16.2. The van der Waals surface area contributed by atoms with Gasteiger partial charge in [-0.15, -0.1) is 0 Å². The molecule has 0 bridgehead atoms. The summed E-state index contributed by atoms with van der Waals surface area (Å²) in [5.74, 6) is 0.111. The van der Waals surface area contributed by atoms with Crippen molar-refractivity contribution >= 4 is 28.0 Å². The van der Waals surface area contributed by atoms with E-state index in [2.05, 4.69) is 60.9 Å². The standard InChI is InChI=1S/C33H33NO2/c1-3-25-13-7-10-16-30(35)32(31(25)26-19-17-23(2)18-20-26)33(36)28-22-34(21-24-11-5-4-6-12-24)29-15-9-8-14-27(28)29/h4-6,8-9,11-12,14-15,17-20,22,36H,3,7,10,13,16,21H2,1-2H3. The highest BCUT2D eigenvalue weighted by Crippen LogP contribution is 2.39. The van der Waals surface area contributed by atoms with Gasteiger partial charge in [-0.3, -0.25) is 4.79 Å². The maximum Gasteiger partial charge on any atom is 0.167 e. The number of aliphatic hydroxyl groups excluding tert-OH is 1. The molecule has 0 fully saturated rings. The zero-order valence-corrected chi connectivity index (χ0v) is 21.1. The number of ketones is 1. The number of nitrogens with zero attached hydrogens (tertiary/aromatic N) is 1. The van der Waals surface area contributed by atoms with Gasteiger partial charge in [-0.2, -0.15) is 0 Å². The number of para-hydroxylation sites is 1. The van der Waals surface area contributed by atoms with E-state index in [-0.39, 0.29) is 11.5 Å². The van der Waals surface area contributed by atoms with Crippen molar-refractivity contribution in [2.75, 3.05) is 0 Å². The Bertz CT molecular complexity index is 1450. The third-order valence-electron chi connectivity index (χ3n) is 7.26. The summed E-state index contributed by atoms with van der Waals surface area (Å²) in [6.45, 7) is 4.91. The number of hydrogen-bond acceptors (Lipinski definition) is 2. The van der Waals surface area contributed by atoms with E-state index in [1.54, 1.807) is 0 Å². The van der Waals surface area contributed by atoms with Gasteiger partial charge in [0.1, 0.15) is 5.76 Å². The summed E-state index contributed by atoms with van der Waals surface area (Å²) in [6, 6.07) is 26.8. The van der Waals surface area contributed by atoms with Crippen LogP contribution in [0.3, 0.4) is 0 Å². The average Bonchev–Trinajstić information content (AvgIpc) is 3.26. The van der Waals surface area contributed by atoms with Crippen molar-refractivity contribution in [3.63, 3.8) is 0 Å². The van der Waals surface area contributed by atoms with Crippen molar-refractivity contribution in [2.45, 2.75) is 52.5 Å². The average molecular weight is 476 g/mol. The Morgan fingerprint density at radius 3 is 2.33 bits per heavy atom. The summed E-state index contributed by atoms with van der Waals surface area (Å²) in [5, 5.41) is 12.9. The van der Waals surface area contributed by atoms with Crippen LogP contribution in [-0.2, 0) is 11.3 Å². The van der Waals surface area contributed by atoms with Gasteiger partial charge in [-0.25, -0.2) is 0 Å². The van der Waals surface area contributed by atoms with Crippen LogP contribution < -0.4 is 0 Å². The van der Waals surface area contributed by atoms with Gasteiger partial charge in [-0.1, -0.05) is 90.9 Å². The van der Waals surface area contributed by atoms with E-state index < -0.39 is 0 Å². The fourth-order valence-corrected chi connectivity index (χ4v) is 5.34. The van der Waals surface area contributed by atoms with Crippen LogP contribution in [0, 0.1) is 6.92 Å². The van der Waals surface area contributed by atoms with E-state index in [0.717, 1.165) is 47.7 Å². The molecule has 182 valence electrons. The third-order valence-corrected chi connectivity index (χ3v) is 7.26. The van der Waals surface area contributed by atoms with Crippen LogP contribution in [0.25, 0.3) is 22.2 Å². The monoisotopic (exact) mass is 475 g/mol. The summed E-state index contributed by atoms with van der Waals surface area (Å²) in [5.41, 5.74) is 7.74. The van der Waals surface area contributed by atoms with E-state index >= 15 is 0 Å². The van der Waals surface area contributed by atoms with Crippen LogP contribution in [-0.4, -0.2) is 15.5 Å². The molecule has 0 radical (unpaired) electrons. The first-order valence-electron chi connectivity index (χ1n) is 12.9. The maximum absolute atomic E-state index is 13.7. The van der Waals surface area contributed by atoms with E-state index in [1.807, 2.05) is 42.6 Å². The maximum atomic E-state index is 13.7. The Morgan fingerprint density at radius 2 is 1.58 bits per heavy atom. The molecule has 1 aromatic heterocycles. The molecule has 0 saturated carbocycles. The highest BCUT2D eigenvalue weighted by atomic mass is 16.3. The molecule has 0 saturated heterocycles. The first-order chi connectivity index (χ1) is 17.6. The van der Waals surface area contributed by atoms with Crippen molar-refractivity contribution in [2.24, 2.45) is 0 Å². The first kappa shape index (κ1) is 23.9. The number of aromatic nitrogens is 1. The van der Waals surface area contributed by atoms with Crippen molar-refractivity contribution in [3.8, 4) is 0 Å². The molecular weight excluding hydrogens is 442 g/mol. The van der Waals surface area contributed by atoms with E-state index in [4.69, 9.17) is 0 Å². The van der Waals surface area contributed by atoms with Gasteiger partial charge >= 0.3 is 0 Å². The van der Waals surface area contributed by atoms with Crippen LogP contribution in [0.5, 0.6) is 0 Å². The summed E-state index contributed by atoms with van der Waals surface area (Å²) in [6.07, 6.45) is 6.09.